The van der Waals surface area contributed by atoms with Crippen molar-refractivity contribution >= 4 is 55.2 Å². The van der Waals surface area contributed by atoms with Gasteiger partial charge in [-0.1, -0.05) is 34.6 Å². The number of piperidine rings is 1. The van der Waals surface area contributed by atoms with Gasteiger partial charge >= 0.3 is 0 Å². The van der Waals surface area contributed by atoms with Gasteiger partial charge in [0.1, 0.15) is 4.70 Å². The zero-order valence-electron chi connectivity index (χ0n) is 15.4. The van der Waals surface area contributed by atoms with Crippen LogP contribution in [0.15, 0.2) is 50.1 Å². The summed E-state index contributed by atoms with van der Waals surface area (Å²) >= 11 is 6.16. The molecule has 0 aliphatic carbocycles. The molecule has 8 heteroatoms. The van der Waals surface area contributed by atoms with Crippen LogP contribution in [0.25, 0.3) is 15.9 Å². The molecule has 1 fully saturated rings. The smallest absolute Gasteiger partial charge is 0.276 e. The zero-order chi connectivity index (χ0) is 19.7. The quantitative estimate of drug-likeness (QED) is 0.408. The molecule has 1 aliphatic heterocycles. The van der Waals surface area contributed by atoms with E-state index in [-0.39, 0.29) is 17.2 Å². The van der Waals surface area contributed by atoms with E-state index in [1.54, 1.807) is 4.57 Å². The summed E-state index contributed by atoms with van der Waals surface area (Å²) in [6.45, 7) is 3.86. The first-order chi connectivity index (χ1) is 13.5. The first-order valence-corrected chi connectivity index (χ1v) is 11.9. The number of rotatable bonds is 4. The Hall–Kier alpha value is -1.64. The Morgan fingerprint density at radius 3 is 2.68 bits per heavy atom. The molecule has 146 valence electrons. The van der Waals surface area contributed by atoms with Crippen molar-refractivity contribution in [1.82, 2.24) is 14.5 Å². The average molecular weight is 478 g/mol. The number of halogens is 1. The third kappa shape index (κ3) is 4.04. The normalized spacial score (nSPS) is 15.3. The van der Waals surface area contributed by atoms with Gasteiger partial charge in [0, 0.05) is 17.6 Å². The number of aromatic nitrogens is 2. The summed E-state index contributed by atoms with van der Waals surface area (Å²) in [6, 6.07) is 9.41. The van der Waals surface area contributed by atoms with Gasteiger partial charge in [0.2, 0.25) is 5.91 Å². The third-order valence-electron chi connectivity index (χ3n) is 5.00. The second kappa shape index (κ2) is 8.39. The van der Waals surface area contributed by atoms with Gasteiger partial charge in [-0.25, -0.2) is 4.98 Å². The minimum Gasteiger partial charge on any atom is -0.342 e. The minimum absolute atomic E-state index is 0.0935. The SMILES string of the molecule is CC1CCN(C(=O)CSc2nc3ccsc3c(=O)n2-c2ccc(Br)cc2)CC1. The molecule has 0 N–H and O–H groups in total. The van der Waals surface area contributed by atoms with Crippen LogP contribution < -0.4 is 5.56 Å². The fraction of sp³-hybridized carbons (Fsp3) is 0.350. The molecule has 1 aliphatic rings. The lowest BCUT2D eigenvalue weighted by molar-refractivity contribution is -0.129. The van der Waals surface area contributed by atoms with E-state index in [1.165, 1.54) is 23.1 Å². The maximum Gasteiger partial charge on any atom is 0.276 e. The standard InChI is InChI=1S/C20H20BrN3O2S2/c1-13-6-9-23(10-7-13)17(25)12-28-20-22-16-8-11-27-18(16)19(26)24(20)15-4-2-14(21)3-5-15/h2-5,8,11,13H,6-7,9-10,12H2,1H3. The van der Waals surface area contributed by atoms with E-state index < -0.39 is 0 Å². The zero-order valence-corrected chi connectivity index (χ0v) is 18.6. The molecule has 0 spiro atoms. The maximum atomic E-state index is 13.1. The van der Waals surface area contributed by atoms with Crippen molar-refractivity contribution < 1.29 is 4.79 Å². The summed E-state index contributed by atoms with van der Waals surface area (Å²) in [4.78, 5) is 32.4. The lowest BCUT2D eigenvalue weighted by Crippen LogP contribution is -2.39. The van der Waals surface area contributed by atoms with Crippen molar-refractivity contribution in [2.75, 3.05) is 18.8 Å². The number of thioether (sulfide) groups is 1. The summed E-state index contributed by atoms with van der Waals surface area (Å²) in [5.74, 6) is 1.08. The fourth-order valence-corrected chi connectivity index (χ4v) is 5.22. The Balaban J connectivity index is 1.64. The topological polar surface area (TPSA) is 55.2 Å². The molecule has 0 saturated carbocycles. The highest BCUT2D eigenvalue weighted by Gasteiger charge is 2.22. The van der Waals surface area contributed by atoms with Crippen LogP contribution in [-0.4, -0.2) is 39.2 Å². The summed E-state index contributed by atoms with van der Waals surface area (Å²) in [5.41, 5.74) is 1.34. The number of fused-ring (bicyclic) bond motifs is 1. The van der Waals surface area contributed by atoms with Crippen LogP contribution in [0.4, 0.5) is 0 Å². The lowest BCUT2D eigenvalue weighted by Gasteiger charge is -2.30. The van der Waals surface area contributed by atoms with E-state index in [0.29, 0.717) is 21.3 Å². The highest BCUT2D eigenvalue weighted by atomic mass is 79.9. The Labute approximate surface area is 179 Å². The molecule has 2 aromatic heterocycles. The van der Waals surface area contributed by atoms with Crippen LogP contribution in [-0.2, 0) is 4.79 Å². The molecular weight excluding hydrogens is 458 g/mol. The number of thiophene rings is 1. The fourth-order valence-electron chi connectivity index (χ4n) is 3.28. The van der Waals surface area contributed by atoms with Gasteiger partial charge in [-0.15, -0.1) is 11.3 Å². The second-order valence-corrected chi connectivity index (χ2v) is 9.77. The van der Waals surface area contributed by atoms with Crippen LogP contribution in [0.1, 0.15) is 19.8 Å². The minimum atomic E-state index is -0.0935. The van der Waals surface area contributed by atoms with Gasteiger partial charge < -0.3 is 4.90 Å². The number of carbonyl (C=O) groups is 1. The molecule has 4 rings (SSSR count). The molecule has 0 unspecified atom stereocenters. The van der Waals surface area contributed by atoms with Crippen LogP contribution in [0.5, 0.6) is 0 Å². The van der Waals surface area contributed by atoms with Crippen molar-refractivity contribution in [1.29, 1.82) is 0 Å². The van der Waals surface area contributed by atoms with Crippen molar-refractivity contribution in [2.24, 2.45) is 5.92 Å². The first-order valence-electron chi connectivity index (χ1n) is 9.19. The van der Waals surface area contributed by atoms with Crippen molar-refractivity contribution in [3.8, 4) is 5.69 Å². The molecular formula is C20H20BrN3O2S2. The molecule has 1 saturated heterocycles. The summed E-state index contributed by atoms with van der Waals surface area (Å²) in [6.07, 6.45) is 2.11. The number of carbonyl (C=O) groups excluding carboxylic acids is 1. The molecule has 28 heavy (non-hydrogen) atoms. The van der Waals surface area contributed by atoms with Crippen LogP contribution in [0.2, 0.25) is 0 Å². The Bertz CT molecular complexity index is 1050. The first kappa shape index (κ1) is 19.7. The van der Waals surface area contributed by atoms with E-state index in [1.807, 2.05) is 40.6 Å². The van der Waals surface area contributed by atoms with Gasteiger partial charge in [-0.2, -0.15) is 0 Å². The van der Waals surface area contributed by atoms with Gasteiger partial charge in [0.15, 0.2) is 5.16 Å². The van der Waals surface area contributed by atoms with Crippen molar-refractivity contribution in [3.05, 3.63) is 50.5 Å². The third-order valence-corrected chi connectivity index (χ3v) is 7.34. The highest BCUT2D eigenvalue weighted by Crippen LogP contribution is 2.25. The highest BCUT2D eigenvalue weighted by molar-refractivity contribution is 9.10. The molecule has 3 aromatic rings. The van der Waals surface area contributed by atoms with Crippen LogP contribution in [0.3, 0.4) is 0 Å². The summed E-state index contributed by atoms with van der Waals surface area (Å²) < 4.78 is 3.18. The largest absolute Gasteiger partial charge is 0.342 e. The van der Waals surface area contributed by atoms with Gasteiger partial charge in [-0.05, 0) is 54.5 Å². The molecule has 0 atom stereocenters. The van der Waals surface area contributed by atoms with Gasteiger partial charge in [0.05, 0.1) is 17.0 Å². The van der Waals surface area contributed by atoms with Crippen LogP contribution in [0, 0.1) is 5.92 Å². The number of likely N-dealkylation sites (tertiary alicyclic amines) is 1. The maximum absolute atomic E-state index is 13.1. The van der Waals surface area contributed by atoms with Gasteiger partial charge in [0.25, 0.3) is 5.56 Å². The molecule has 5 nitrogen and oxygen atoms in total. The molecule has 0 radical (unpaired) electrons. The Morgan fingerprint density at radius 1 is 1.25 bits per heavy atom. The molecule has 0 bridgehead atoms. The van der Waals surface area contributed by atoms with E-state index >= 15 is 0 Å². The number of hydrogen-bond donors (Lipinski definition) is 0. The molecule has 1 amide bonds. The number of amides is 1. The van der Waals surface area contributed by atoms with Crippen LogP contribution >= 0.6 is 39.0 Å². The van der Waals surface area contributed by atoms with E-state index in [0.717, 1.165) is 36.1 Å². The number of benzene rings is 1. The van der Waals surface area contributed by atoms with Gasteiger partial charge in [-0.3, -0.25) is 14.2 Å². The molecule has 1 aromatic carbocycles. The van der Waals surface area contributed by atoms with Crippen molar-refractivity contribution in [2.45, 2.75) is 24.9 Å². The van der Waals surface area contributed by atoms with E-state index in [9.17, 15) is 9.59 Å². The Kier molecular flexibility index (Phi) is 5.89. The van der Waals surface area contributed by atoms with E-state index in [4.69, 9.17) is 0 Å². The predicted octanol–water partition coefficient (Wildman–Crippen LogP) is 4.56. The summed E-state index contributed by atoms with van der Waals surface area (Å²) in [7, 11) is 0. The van der Waals surface area contributed by atoms with E-state index in [2.05, 4.69) is 27.8 Å². The summed E-state index contributed by atoms with van der Waals surface area (Å²) in [5, 5.41) is 2.43. The second-order valence-electron chi connectivity index (χ2n) is 7.00. The lowest BCUT2D eigenvalue weighted by atomic mass is 9.99. The number of nitrogens with zero attached hydrogens (tertiary/aromatic N) is 3. The monoisotopic (exact) mass is 477 g/mol. The average Bonchev–Trinajstić information content (AvgIpc) is 3.17. The number of hydrogen-bond acceptors (Lipinski definition) is 5. The van der Waals surface area contributed by atoms with Crippen molar-refractivity contribution in [3.63, 3.8) is 0 Å². The molecule has 3 heterocycles. The Morgan fingerprint density at radius 2 is 1.96 bits per heavy atom. The predicted molar refractivity (Wildman–Crippen MR) is 119 cm³/mol.